The molecule has 0 amide bonds. The third-order valence-electron chi connectivity index (χ3n) is 6.28. The second-order valence-electron chi connectivity index (χ2n) is 9.32. The highest BCUT2D eigenvalue weighted by Crippen LogP contribution is 2.36. The molecule has 0 bridgehead atoms. The van der Waals surface area contributed by atoms with Crippen LogP contribution in [0, 0.1) is 12.8 Å². The molecule has 2 N–H and O–H groups in total. The van der Waals surface area contributed by atoms with Crippen LogP contribution in [-0.4, -0.2) is 18.8 Å². The lowest BCUT2D eigenvalue weighted by Crippen LogP contribution is -2.13. The number of halogens is 1. The number of aliphatic imine (C=N–C) groups is 1. The largest absolute Gasteiger partial charge is 0.354 e. The van der Waals surface area contributed by atoms with Crippen LogP contribution in [0.2, 0.25) is 5.02 Å². The van der Waals surface area contributed by atoms with E-state index >= 15 is 0 Å². The molecule has 0 aliphatic carbocycles. The van der Waals surface area contributed by atoms with E-state index in [0.717, 1.165) is 54.6 Å². The van der Waals surface area contributed by atoms with Crippen LogP contribution in [0.3, 0.4) is 0 Å². The number of anilines is 1. The molecular weight excluding hydrogens is 426 g/mol. The van der Waals surface area contributed by atoms with Crippen LogP contribution in [0.1, 0.15) is 62.3 Å². The van der Waals surface area contributed by atoms with Gasteiger partial charge in [0.1, 0.15) is 0 Å². The molecule has 0 radical (unpaired) electrons. The van der Waals surface area contributed by atoms with Crippen LogP contribution in [0.15, 0.2) is 65.3 Å². The number of hydrogen-bond donors (Lipinski definition) is 2. The Labute approximate surface area is 205 Å². The first-order valence-electron chi connectivity index (χ1n) is 12.1. The van der Waals surface area contributed by atoms with Crippen LogP contribution >= 0.6 is 11.6 Å². The number of allylic oxidation sites excluding steroid dienone is 1. The topological polar surface area (TPSA) is 36.4 Å². The molecule has 1 aliphatic heterocycles. The molecule has 2 aromatic carbocycles. The standard InChI is InChI=1S/C29H38ClN3/c1-7-22-15-25(30)10-12-27(22)28(13-19(3)4)24-16-29(32-18-24)21(6)33-26-11-9-23(17-31-8-2)20(5)14-26/h9-12,14-16,19,28,31,33H,6-8,13,17-18H2,1-5H3. The van der Waals surface area contributed by atoms with Gasteiger partial charge in [0, 0.05) is 23.2 Å². The molecule has 33 heavy (non-hydrogen) atoms. The predicted octanol–water partition coefficient (Wildman–Crippen LogP) is 7.46. The van der Waals surface area contributed by atoms with Crippen molar-refractivity contribution in [2.45, 2.75) is 59.9 Å². The highest BCUT2D eigenvalue weighted by molar-refractivity contribution is 6.30. The normalized spacial score (nSPS) is 14.3. The molecule has 1 atom stereocenters. The lowest BCUT2D eigenvalue weighted by Gasteiger charge is -2.23. The van der Waals surface area contributed by atoms with Crippen LogP contribution in [0.25, 0.3) is 0 Å². The monoisotopic (exact) mass is 463 g/mol. The first kappa shape index (κ1) is 25.3. The van der Waals surface area contributed by atoms with Crippen LogP contribution in [-0.2, 0) is 13.0 Å². The second kappa shape index (κ2) is 11.7. The van der Waals surface area contributed by atoms with Gasteiger partial charge in [-0.25, -0.2) is 0 Å². The van der Waals surface area contributed by atoms with E-state index in [1.165, 1.54) is 27.8 Å². The lowest BCUT2D eigenvalue weighted by molar-refractivity contribution is 0.532. The van der Waals surface area contributed by atoms with E-state index < -0.39 is 0 Å². The molecule has 1 aliphatic rings. The SMILES string of the molecule is C=C(Nc1ccc(CNCC)c(C)c1)C1=NCC(C(CC(C)C)c2ccc(Cl)cc2CC)=C1. The summed E-state index contributed by atoms with van der Waals surface area (Å²) < 4.78 is 0. The molecule has 0 spiro atoms. The Kier molecular flexibility index (Phi) is 8.94. The lowest BCUT2D eigenvalue weighted by atomic mass is 9.81. The van der Waals surface area contributed by atoms with Gasteiger partial charge in [-0.2, -0.15) is 0 Å². The van der Waals surface area contributed by atoms with Crippen molar-refractivity contribution >= 4 is 23.0 Å². The average Bonchev–Trinajstić information content (AvgIpc) is 3.27. The number of rotatable bonds is 11. The Hall–Kier alpha value is -2.36. The highest BCUT2D eigenvalue weighted by Gasteiger charge is 2.24. The molecule has 3 rings (SSSR count). The van der Waals surface area contributed by atoms with Gasteiger partial charge in [-0.3, -0.25) is 4.99 Å². The summed E-state index contributed by atoms with van der Waals surface area (Å²) in [4.78, 5) is 4.85. The molecule has 176 valence electrons. The summed E-state index contributed by atoms with van der Waals surface area (Å²) in [5.74, 6) is 0.934. The van der Waals surface area contributed by atoms with Gasteiger partial charge in [-0.1, -0.05) is 58.0 Å². The minimum atomic E-state index is 0.346. The van der Waals surface area contributed by atoms with Crippen molar-refractivity contribution in [2.75, 3.05) is 18.4 Å². The Bertz CT molecular complexity index is 1050. The fourth-order valence-corrected chi connectivity index (χ4v) is 4.67. The molecule has 0 saturated heterocycles. The van der Waals surface area contributed by atoms with Crippen molar-refractivity contribution in [3.05, 3.63) is 87.6 Å². The summed E-state index contributed by atoms with van der Waals surface area (Å²) in [5.41, 5.74) is 9.49. The van der Waals surface area contributed by atoms with Gasteiger partial charge >= 0.3 is 0 Å². The zero-order valence-electron chi connectivity index (χ0n) is 20.8. The van der Waals surface area contributed by atoms with Gasteiger partial charge in [-0.15, -0.1) is 0 Å². The summed E-state index contributed by atoms with van der Waals surface area (Å²) >= 11 is 6.29. The summed E-state index contributed by atoms with van der Waals surface area (Å²) in [5, 5.41) is 7.67. The van der Waals surface area contributed by atoms with E-state index in [2.05, 4.69) is 88.2 Å². The number of nitrogens with one attached hydrogen (secondary N) is 2. The third kappa shape index (κ3) is 6.59. The summed E-state index contributed by atoms with van der Waals surface area (Å²) in [6.07, 6.45) is 4.31. The maximum atomic E-state index is 6.29. The molecule has 2 aromatic rings. The van der Waals surface area contributed by atoms with E-state index in [0.29, 0.717) is 11.8 Å². The quantitative estimate of drug-likeness (QED) is 0.362. The van der Waals surface area contributed by atoms with Crippen molar-refractivity contribution in [3.8, 4) is 0 Å². The van der Waals surface area contributed by atoms with Crippen molar-refractivity contribution in [1.82, 2.24) is 5.32 Å². The first-order valence-corrected chi connectivity index (χ1v) is 12.5. The van der Waals surface area contributed by atoms with Crippen LogP contribution in [0.5, 0.6) is 0 Å². The van der Waals surface area contributed by atoms with Gasteiger partial charge in [0.25, 0.3) is 0 Å². The fraction of sp³-hybridized carbons (Fsp3) is 0.414. The molecular formula is C29H38ClN3. The van der Waals surface area contributed by atoms with Gasteiger partial charge in [-0.05, 0) is 90.4 Å². The van der Waals surface area contributed by atoms with Crippen molar-refractivity contribution < 1.29 is 0 Å². The van der Waals surface area contributed by atoms with Gasteiger partial charge in [0.2, 0.25) is 0 Å². The Morgan fingerprint density at radius 1 is 1.12 bits per heavy atom. The van der Waals surface area contributed by atoms with Gasteiger partial charge in [0.05, 0.1) is 18.0 Å². The smallest absolute Gasteiger partial charge is 0.0807 e. The van der Waals surface area contributed by atoms with E-state index in [4.69, 9.17) is 16.6 Å². The molecule has 1 unspecified atom stereocenters. The van der Waals surface area contributed by atoms with Crippen LogP contribution < -0.4 is 10.6 Å². The Morgan fingerprint density at radius 2 is 1.91 bits per heavy atom. The predicted molar refractivity (Wildman–Crippen MR) is 145 cm³/mol. The highest BCUT2D eigenvalue weighted by atomic mass is 35.5. The Balaban J connectivity index is 1.78. The minimum Gasteiger partial charge on any atom is -0.354 e. The molecule has 0 fully saturated rings. The third-order valence-corrected chi connectivity index (χ3v) is 6.52. The molecule has 0 saturated carbocycles. The summed E-state index contributed by atoms with van der Waals surface area (Å²) in [6, 6.07) is 12.8. The summed E-state index contributed by atoms with van der Waals surface area (Å²) in [7, 11) is 0. The summed E-state index contributed by atoms with van der Waals surface area (Å²) in [6.45, 7) is 17.9. The van der Waals surface area contributed by atoms with Gasteiger partial charge < -0.3 is 10.6 Å². The average molecular weight is 464 g/mol. The van der Waals surface area contributed by atoms with E-state index in [1.54, 1.807) is 0 Å². The number of hydrogen-bond acceptors (Lipinski definition) is 3. The van der Waals surface area contributed by atoms with Gasteiger partial charge in [0.15, 0.2) is 0 Å². The van der Waals surface area contributed by atoms with Crippen molar-refractivity contribution in [1.29, 1.82) is 0 Å². The number of benzene rings is 2. The maximum Gasteiger partial charge on any atom is 0.0807 e. The first-order chi connectivity index (χ1) is 15.8. The second-order valence-corrected chi connectivity index (χ2v) is 9.76. The van der Waals surface area contributed by atoms with Crippen LogP contribution in [0.4, 0.5) is 5.69 Å². The number of nitrogens with zero attached hydrogens (tertiary/aromatic N) is 1. The van der Waals surface area contributed by atoms with E-state index in [9.17, 15) is 0 Å². The molecule has 3 nitrogen and oxygen atoms in total. The number of aryl methyl sites for hydroxylation is 2. The van der Waals surface area contributed by atoms with E-state index in [-0.39, 0.29) is 0 Å². The molecule has 1 heterocycles. The Morgan fingerprint density at radius 3 is 2.58 bits per heavy atom. The zero-order valence-corrected chi connectivity index (χ0v) is 21.5. The zero-order chi connectivity index (χ0) is 24.0. The van der Waals surface area contributed by atoms with E-state index in [1.807, 2.05) is 6.07 Å². The molecule has 4 heteroatoms. The minimum absolute atomic E-state index is 0.346. The molecule has 0 aromatic heterocycles. The van der Waals surface area contributed by atoms with Crippen molar-refractivity contribution in [2.24, 2.45) is 10.9 Å². The fourth-order valence-electron chi connectivity index (χ4n) is 4.48. The maximum absolute atomic E-state index is 6.29. The van der Waals surface area contributed by atoms with Crippen molar-refractivity contribution in [3.63, 3.8) is 0 Å².